The number of β-amino-alcohol motifs (C(OH)–C–C–N with tert-alkyl or cyclic N) is 1. The van der Waals surface area contributed by atoms with Crippen LogP contribution in [0.15, 0.2) is 5.10 Å². The second-order valence-electron chi connectivity index (χ2n) is 4.81. The molecule has 0 radical (unpaired) electrons. The van der Waals surface area contributed by atoms with E-state index >= 15 is 0 Å². The Labute approximate surface area is 95.1 Å². The van der Waals surface area contributed by atoms with Crippen molar-refractivity contribution in [3.63, 3.8) is 0 Å². The van der Waals surface area contributed by atoms with Gasteiger partial charge in [0, 0.05) is 13.0 Å². The van der Waals surface area contributed by atoms with Crippen LogP contribution in [0.3, 0.4) is 0 Å². The van der Waals surface area contributed by atoms with Gasteiger partial charge in [-0.25, -0.2) is 4.79 Å². The molecule has 1 fully saturated rings. The summed E-state index contributed by atoms with van der Waals surface area (Å²) in [4.78, 5) is 13.1. The molecule has 0 aromatic carbocycles. The predicted octanol–water partition coefficient (Wildman–Crippen LogP) is 0.303. The lowest BCUT2D eigenvalue weighted by Gasteiger charge is -2.32. The molecule has 1 aliphatic rings. The lowest BCUT2D eigenvalue weighted by atomic mass is 10.1. The van der Waals surface area contributed by atoms with Crippen molar-refractivity contribution in [1.29, 1.82) is 0 Å². The third kappa shape index (κ3) is 3.37. The maximum Gasteiger partial charge on any atom is 0.410 e. The molecule has 0 aromatic heterocycles. The smallest absolute Gasteiger partial charge is 0.410 e. The SMILES string of the molecule is CC(C)(C)OC(=O)N1CCC(=NN)C(O)C1. The van der Waals surface area contributed by atoms with Crippen LogP contribution >= 0.6 is 0 Å². The van der Waals surface area contributed by atoms with Crippen molar-refractivity contribution in [2.45, 2.75) is 38.9 Å². The Balaban J connectivity index is 2.55. The highest BCUT2D eigenvalue weighted by Crippen LogP contribution is 2.14. The standard InChI is InChI=1S/C10H19N3O3/c1-10(2,3)16-9(15)13-5-4-7(12-11)8(14)6-13/h8,14H,4-6,11H2,1-3H3. The van der Waals surface area contributed by atoms with E-state index in [1.165, 1.54) is 4.90 Å². The predicted molar refractivity (Wildman–Crippen MR) is 60.1 cm³/mol. The van der Waals surface area contributed by atoms with E-state index in [-0.39, 0.29) is 6.54 Å². The third-order valence-electron chi connectivity index (χ3n) is 2.23. The Morgan fingerprint density at radius 3 is 2.69 bits per heavy atom. The molecule has 0 saturated carbocycles. The topological polar surface area (TPSA) is 88.2 Å². The Morgan fingerprint density at radius 1 is 1.62 bits per heavy atom. The lowest BCUT2D eigenvalue weighted by Crippen LogP contribution is -2.48. The fraction of sp³-hybridized carbons (Fsp3) is 0.800. The van der Waals surface area contributed by atoms with Crippen molar-refractivity contribution in [2.24, 2.45) is 10.9 Å². The van der Waals surface area contributed by atoms with E-state index in [0.29, 0.717) is 18.7 Å². The number of hydrogen-bond acceptors (Lipinski definition) is 5. The fourth-order valence-electron chi connectivity index (χ4n) is 1.46. The van der Waals surface area contributed by atoms with E-state index < -0.39 is 17.8 Å². The van der Waals surface area contributed by atoms with Gasteiger partial charge >= 0.3 is 6.09 Å². The Kier molecular flexibility index (Phi) is 3.74. The van der Waals surface area contributed by atoms with Gasteiger partial charge in [0.05, 0.1) is 12.3 Å². The monoisotopic (exact) mass is 229 g/mol. The first-order valence-corrected chi connectivity index (χ1v) is 5.26. The molecule has 3 N–H and O–H groups in total. The number of ether oxygens (including phenoxy) is 1. The number of hydrogen-bond donors (Lipinski definition) is 2. The van der Waals surface area contributed by atoms with Gasteiger partial charge < -0.3 is 20.6 Å². The van der Waals surface area contributed by atoms with E-state index in [9.17, 15) is 9.90 Å². The molecule has 6 heteroatoms. The molecule has 1 rings (SSSR count). The summed E-state index contributed by atoms with van der Waals surface area (Å²) in [7, 11) is 0. The summed E-state index contributed by atoms with van der Waals surface area (Å²) in [5.41, 5.74) is 0.00406. The van der Waals surface area contributed by atoms with Crippen LogP contribution < -0.4 is 5.84 Å². The normalized spacial score (nSPS) is 24.6. The first kappa shape index (κ1) is 12.8. The van der Waals surface area contributed by atoms with Gasteiger partial charge in [-0.1, -0.05) is 0 Å². The summed E-state index contributed by atoms with van der Waals surface area (Å²) in [6.45, 7) is 6.07. The number of nitrogens with zero attached hydrogens (tertiary/aromatic N) is 2. The van der Waals surface area contributed by atoms with Gasteiger partial charge in [-0.3, -0.25) is 0 Å². The van der Waals surface area contributed by atoms with E-state index in [0.717, 1.165) is 0 Å². The molecule has 1 aliphatic heterocycles. The van der Waals surface area contributed by atoms with Crippen molar-refractivity contribution < 1.29 is 14.6 Å². The number of amides is 1. The molecule has 1 heterocycles. The molecule has 0 spiro atoms. The summed E-state index contributed by atoms with van der Waals surface area (Å²) < 4.78 is 5.20. The number of rotatable bonds is 0. The Morgan fingerprint density at radius 2 is 2.25 bits per heavy atom. The highest BCUT2D eigenvalue weighted by atomic mass is 16.6. The average Bonchev–Trinajstić information content (AvgIpc) is 2.15. The van der Waals surface area contributed by atoms with Gasteiger partial charge in [0.15, 0.2) is 0 Å². The quantitative estimate of drug-likeness (QED) is 0.462. The first-order chi connectivity index (χ1) is 7.33. The molecule has 16 heavy (non-hydrogen) atoms. The molecule has 1 atom stereocenters. The molecule has 6 nitrogen and oxygen atoms in total. The van der Waals surface area contributed by atoms with Crippen molar-refractivity contribution in [3.8, 4) is 0 Å². The maximum absolute atomic E-state index is 11.7. The molecular weight excluding hydrogens is 210 g/mol. The molecule has 1 amide bonds. The van der Waals surface area contributed by atoms with E-state index in [2.05, 4.69) is 5.10 Å². The zero-order valence-electron chi connectivity index (χ0n) is 9.93. The van der Waals surface area contributed by atoms with Gasteiger partial charge in [0.1, 0.15) is 11.7 Å². The van der Waals surface area contributed by atoms with Crippen molar-refractivity contribution in [3.05, 3.63) is 0 Å². The van der Waals surface area contributed by atoms with Gasteiger partial charge in [-0.2, -0.15) is 5.10 Å². The van der Waals surface area contributed by atoms with E-state index in [4.69, 9.17) is 10.6 Å². The van der Waals surface area contributed by atoms with Crippen LogP contribution in [0.4, 0.5) is 4.79 Å². The number of nitrogens with two attached hydrogens (primary N) is 1. The van der Waals surface area contributed by atoms with Crippen LogP contribution in [0.2, 0.25) is 0 Å². The third-order valence-corrected chi connectivity index (χ3v) is 2.23. The highest BCUT2D eigenvalue weighted by Gasteiger charge is 2.29. The second kappa shape index (κ2) is 4.69. The van der Waals surface area contributed by atoms with Gasteiger partial charge in [-0.05, 0) is 20.8 Å². The summed E-state index contributed by atoms with van der Waals surface area (Å²) in [5, 5.41) is 13.1. The van der Waals surface area contributed by atoms with Crippen LogP contribution in [0.5, 0.6) is 0 Å². The fourth-order valence-corrected chi connectivity index (χ4v) is 1.46. The van der Waals surface area contributed by atoms with Gasteiger partial charge in [0.2, 0.25) is 0 Å². The minimum absolute atomic E-state index is 0.185. The number of piperidine rings is 1. The molecule has 1 unspecified atom stereocenters. The van der Waals surface area contributed by atoms with E-state index in [1.54, 1.807) is 20.8 Å². The van der Waals surface area contributed by atoms with Crippen molar-refractivity contribution in [2.75, 3.05) is 13.1 Å². The lowest BCUT2D eigenvalue weighted by molar-refractivity contribution is 0.0170. The van der Waals surface area contributed by atoms with Crippen LogP contribution in [0, 0.1) is 0 Å². The number of hydrazone groups is 1. The first-order valence-electron chi connectivity index (χ1n) is 5.26. The van der Waals surface area contributed by atoms with Gasteiger partial charge in [-0.15, -0.1) is 0 Å². The minimum Gasteiger partial charge on any atom is -0.444 e. The molecule has 0 bridgehead atoms. The second-order valence-corrected chi connectivity index (χ2v) is 4.81. The van der Waals surface area contributed by atoms with Crippen molar-refractivity contribution >= 4 is 11.8 Å². The van der Waals surface area contributed by atoms with Crippen LogP contribution in [-0.2, 0) is 4.74 Å². The van der Waals surface area contributed by atoms with Crippen molar-refractivity contribution in [1.82, 2.24) is 4.90 Å². The minimum atomic E-state index is -0.786. The number of carbonyl (C=O) groups is 1. The van der Waals surface area contributed by atoms with Crippen LogP contribution in [0.25, 0.3) is 0 Å². The maximum atomic E-state index is 11.7. The van der Waals surface area contributed by atoms with Crippen LogP contribution in [-0.4, -0.2) is 46.6 Å². The van der Waals surface area contributed by atoms with Gasteiger partial charge in [0.25, 0.3) is 0 Å². The number of carbonyl (C=O) groups excluding carboxylic acids is 1. The zero-order valence-corrected chi connectivity index (χ0v) is 9.93. The molecule has 1 saturated heterocycles. The van der Waals surface area contributed by atoms with E-state index in [1.807, 2.05) is 0 Å². The largest absolute Gasteiger partial charge is 0.444 e. The zero-order chi connectivity index (χ0) is 12.3. The number of aliphatic hydroxyl groups is 1. The molecule has 0 aromatic rings. The van der Waals surface area contributed by atoms with Crippen LogP contribution in [0.1, 0.15) is 27.2 Å². The molecule has 0 aliphatic carbocycles. The molecular formula is C10H19N3O3. The Hall–Kier alpha value is -1.30. The summed E-state index contributed by atoms with van der Waals surface area (Å²) >= 11 is 0. The Bertz CT molecular complexity index is 296. The number of likely N-dealkylation sites (tertiary alicyclic amines) is 1. The summed E-state index contributed by atoms with van der Waals surface area (Å²) in [6.07, 6.45) is -0.717. The number of aliphatic hydroxyl groups excluding tert-OH is 1. The highest BCUT2D eigenvalue weighted by molar-refractivity contribution is 5.90. The summed E-state index contributed by atoms with van der Waals surface area (Å²) in [6, 6.07) is 0. The average molecular weight is 229 g/mol. The molecule has 92 valence electrons. The summed E-state index contributed by atoms with van der Waals surface area (Å²) in [5.74, 6) is 5.11.